The molecule has 2 rings (SSSR count). The fourth-order valence-electron chi connectivity index (χ4n) is 1.51. The standard InChI is InChI=1S/C12H15BrO/c1-9-3-2-4-10(7-9)12(8-13)14-11-5-6-11/h2-4,7,11-12H,5-6,8H2,1H3. The van der Waals surface area contributed by atoms with E-state index >= 15 is 0 Å². The number of alkyl halides is 1. The highest BCUT2D eigenvalue weighted by atomic mass is 79.9. The van der Waals surface area contributed by atoms with Gasteiger partial charge in [0.1, 0.15) is 0 Å². The van der Waals surface area contributed by atoms with Crippen LogP contribution in [0.4, 0.5) is 0 Å². The first kappa shape index (κ1) is 10.2. The number of rotatable bonds is 4. The summed E-state index contributed by atoms with van der Waals surface area (Å²) >= 11 is 3.51. The molecule has 1 atom stereocenters. The van der Waals surface area contributed by atoms with Gasteiger partial charge >= 0.3 is 0 Å². The van der Waals surface area contributed by atoms with Crippen molar-refractivity contribution in [1.82, 2.24) is 0 Å². The second-order valence-corrected chi connectivity index (χ2v) is 4.54. The minimum atomic E-state index is 0.224. The van der Waals surface area contributed by atoms with E-state index in [1.54, 1.807) is 0 Å². The first-order chi connectivity index (χ1) is 6.79. The number of halogens is 1. The molecule has 1 aromatic rings. The van der Waals surface area contributed by atoms with Crippen LogP contribution in [0.3, 0.4) is 0 Å². The van der Waals surface area contributed by atoms with Crippen LogP contribution in [-0.2, 0) is 4.74 Å². The predicted octanol–water partition coefficient (Wildman–Crippen LogP) is 3.61. The third-order valence-corrected chi connectivity index (χ3v) is 3.02. The van der Waals surface area contributed by atoms with Crippen LogP contribution in [-0.4, -0.2) is 11.4 Å². The average Bonchev–Trinajstić information content (AvgIpc) is 2.98. The molecule has 1 nitrogen and oxygen atoms in total. The second kappa shape index (κ2) is 4.45. The summed E-state index contributed by atoms with van der Waals surface area (Å²) in [6, 6.07) is 8.55. The molecule has 0 aromatic heterocycles. The fraction of sp³-hybridized carbons (Fsp3) is 0.500. The molecule has 0 N–H and O–H groups in total. The molecule has 0 heterocycles. The molecule has 1 fully saturated rings. The van der Waals surface area contributed by atoms with Crippen molar-refractivity contribution >= 4 is 15.9 Å². The number of hydrogen-bond donors (Lipinski definition) is 0. The van der Waals surface area contributed by atoms with Crippen molar-refractivity contribution in [3.63, 3.8) is 0 Å². The lowest BCUT2D eigenvalue weighted by molar-refractivity contribution is 0.0559. The lowest BCUT2D eigenvalue weighted by Crippen LogP contribution is -2.07. The Morgan fingerprint density at radius 3 is 2.86 bits per heavy atom. The summed E-state index contributed by atoms with van der Waals surface area (Å²) in [5.74, 6) is 0. The molecule has 1 aliphatic rings. The SMILES string of the molecule is Cc1cccc(C(CBr)OC2CC2)c1. The first-order valence-electron chi connectivity index (χ1n) is 5.07. The Labute approximate surface area is 93.6 Å². The maximum absolute atomic E-state index is 5.90. The van der Waals surface area contributed by atoms with E-state index in [-0.39, 0.29) is 6.10 Å². The fourth-order valence-corrected chi connectivity index (χ4v) is 2.04. The highest BCUT2D eigenvalue weighted by Gasteiger charge is 2.26. The zero-order valence-electron chi connectivity index (χ0n) is 8.37. The van der Waals surface area contributed by atoms with Gasteiger partial charge in [-0.1, -0.05) is 45.8 Å². The second-order valence-electron chi connectivity index (χ2n) is 3.89. The number of ether oxygens (including phenoxy) is 1. The molecule has 76 valence electrons. The number of hydrogen-bond acceptors (Lipinski definition) is 1. The minimum Gasteiger partial charge on any atom is -0.369 e. The molecule has 1 aromatic carbocycles. The van der Waals surface area contributed by atoms with Crippen molar-refractivity contribution in [3.8, 4) is 0 Å². The lowest BCUT2D eigenvalue weighted by Gasteiger charge is -2.15. The third-order valence-electron chi connectivity index (χ3n) is 2.44. The van der Waals surface area contributed by atoms with Gasteiger partial charge in [0.05, 0.1) is 12.2 Å². The molecule has 0 bridgehead atoms. The van der Waals surface area contributed by atoms with E-state index in [4.69, 9.17) is 4.74 Å². The van der Waals surface area contributed by atoms with E-state index < -0.39 is 0 Å². The van der Waals surface area contributed by atoms with Gasteiger partial charge in [0.2, 0.25) is 0 Å². The van der Waals surface area contributed by atoms with Gasteiger partial charge in [0.25, 0.3) is 0 Å². The Hall–Kier alpha value is -0.340. The molecule has 1 saturated carbocycles. The molecule has 0 spiro atoms. The summed E-state index contributed by atoms with van der Waals surface area (Å²) in [7, 11) is 0. The van der Waals surface area contributed by atoms with Gasteiger partial charge < -0.3 is 4.74 Å². The van der Waals surface area contributed by atoms with Crippen LogP contribution in [0.5, 0.6) is 0 Å². The zero-order valence-corrected chi connectivity index (χ0v) is 9.96. The molecule has 0 saturated heterocycles. The van der Waals surface area contributed by atoms with Gasteiger partial charge in [-0.3, -0.25) is 0 Å². The number of aryl methyl sites for hydroxylation is 1. The number of benzene rings is 1. The van der Waals surface area contributed by atoms with Gasteiger partial charge in [0, 0.05) is 5.33 Å². The van der Waals surface area contributed by atoms with Crippen molar-refractivity contribution in [2.75, 3.05) is 5.33 Å². The van der Waals surface area contributed by atoms with Crippen LogP contribution in [0.25, 0.3) is 0 Å². The van der Waals surface area contributed by atoms with Crippen LogP contribution < -0.4 is 0 Å². The predicted molar refractivity (Wildman–Crippen MR) is 61.8 cm³/mol. The van der Waals surface area contributed by atoms with E-state index in [9.17, 15) is 0 Å². The molecule has 0 amide bonds. The normalized spacial score (nSPS) is 18.1. The molecule has 1 unspecified atom stereocenters. The van der Waals surface area contributed by atoms with Gasteiger partial charge in [0.15, 0.2) is 0 Å². The smallest absolute Gasteiger partial charge is 0.0925 e. The topological polar surface area (TPSA) is 9.23 Å². The van der Waals surface area contributed by atoms with Crippen LogP contribution in [0.2, 0.25) is 0 Å². The third kappa shape index (κ3) is 2.58. The largest absolute Gasteiger partial charge is 0.369 e. The van der Waals surface area contributed by atoms with Crippen LogP contribution in [0, 0.1) is 6.92 Å². The molecule has 0 aliphatic heterocycles. The monoisotopic (exact) mass is 254 g/mol. The van der Waals surface area contributed by atoms with Crippen LogP contribution in [0.1, 0.15) is 30.1 Å². The molecular weight excluding hydrogens is 240 g/mol. The van der Waals surface area contributed by atoms with E-state index in [1.165, 1.54) is 24.0 Å². The quantitative estimate of drug-likeness (QED) is 0.747. The van der Waals surface area contributed by atoms with Crippen molar-refractivity contribution in [2.24, 2.45) is 0 Å². The molecule has 0 radical (unpaired) electrons. The summed E-state index contributed by atoms with van der Waals surface area (Å²) < 4.78 is 5.90. The summed E-state index contributed by atoms with van der Waals surface area (Å²) in [5, 5.41) is 0.882. The zero-order chi connectivity index (χ0) is 9.97. The van der Waals surface area contributed by atoms with Crippen molar-refractivity contribution in [3.05, 3.63) is 35.4 Å². The van der Waals surface area contributed by atoms with Crippen LogP contribution >= 0.6 is 15.9 Å². The van der Waals surface area contributed by atoms with E-state index in [2.05, 4.69) is 47.1 Å². The van der Waals surface area contributed by atoms with Crippen molar-refractivity contribution in [1.29, 1.82) is 0 Å². The van der Waals surface area contributed by atoms with E-state index in [0.717, 1.165) is 5.33 Å². The Kier molecular flexibility index (Phi) is 3.24. The lowest BCUT2D eigenvalue weighted by atomic mass is 10.1. The minimum absolute atomic E-state index is 0.224. The van der Waals surface area contributed by atoms with Crippen molar-refractivity contribution in [2.45, 2.75) is 32.0 Å². The van der Waals surface area contributed by atoms with Gasteiger partial charge in [-0.15, -0.1) is 0 Å². The summed E-state index contributed by atoms with van der Waals surface area (Å²) in [5.41, 5.74) is 2.58. The Morgan fingerprint density at radius 1 is 1.50 bits per heavy atom. The maximum atomic E-state index is 5.90. The first-order valence-corrected chi connectivity index (χ1v) is 6.19. The molecule has 14 heavy (non-hydrogen) atoms. The summed E-state index contributed by atoms with van der Waals surface area (Å²) in [4.78, 5) is 0. The van der Waals surface area contributed by atoms with Gasteiger partial charge in [-0.25, -0.2) is 0 Å². The average molecular weight is 255 g/mol. The van der Waals surface area contributed by atoms with E-state index in [0.29, 0.717) is 6.10 Å². The van der Waals surface area contributed by atoms with Crippen LogP contribution in [0.15, 0.2) is 24.3 Å². The molecule has 1 aliphatic carbocycles. The maximum Gasteiger partial charge on any atom is 0.0925 e. The molecular formula is C12H15BrO. The highest BCUT2D eigenvalue weighted by Crippen LogP contribution is 2.31. The summed E-state index contributed by atoms with van der Waals surface area (Å²) in [6.07, 6.45) is 3.20. The van der Waals surface area contributed by atoms with Crippen molar-refractivity contribution < 1.29 is 4.74 Å². The Morgan fingerprint density at radius 2 is 2.29 bits per heavy atom. The molecule has 2 heteroatoms. The highest BCUT2D eigenvalue weighted by molar-refractivity contribution is 9.09. The summed E-state index contributed by atoms with van der Waals surface area (Å²) in [6.45, 7) is 2.12. The Balaban J connectivity index is 2.08. The van der Waals surface area contributed by atoms with Gasteiger partial charge in [-0.05, 0) is 25.3 Å². The van der Waals surface area contributed by atoms with Gasteiger partial charge in [-0.2, -0.15) is 0 Å². The van der Waals surface area contributed by atoms with E-state index in [1.807, 2.05) is 0 Å². The Bertz CT molecular complexity index is 307.